The molecule has 3 heterocycles. The second-order valence-corrected chi connectivity index (χ2v) is 13.6. The van der Waals surface area contributed by atoms with Crippen LogP contribution in [0, 0.1) is 48.5 Å². The minimum atomic E-state index is 0.474. The molecule has 46 heavy (non-hydrogen) atoms. The largest absolute Gasteiger partial charge is 0.364 e. The number of rotatable bonds is 8. The predicted octanol–water partition coefficient (Wildman–Crippen LogP) is 9.64. The zero-order chi connectivity index (χ0) is 32.4. The van der Waals surface area contributed by atoms with E-state index >= 15 is 0 Å². The normalized spacial score (nSPS) is 14.1. The molecule has 236 valence electrons. The van der Waals surface area contributed by atoms with E-state index in [-0.39, 0.29) is 0 Å². The van der Waals surface area contributed by atoms with Gasteiger partial charge in [0.1, 0.15) is 0 Å². The van der Waals surface area contributed by atoms with Crippen LogP contribution in [-0.4, -0.2) is 34.0 Å². The Labute approximate surface area is 276 Å². The summed E-state index contributed by atoms with van der Waals surface area (Å²) in [6.45, 7) is 19.3. The van der Waals surface area contributed by atoms with E-state index in [1.165, 1.54) is 72.4 Å². The zero-order valence-electron chi connectivity index (χ0n) is 28.7. The molecule has 1 fully saturated rings. The summed E-state index contributed by atoms with van der Waals surface area (Å²) in [5, 5.41) is 0. The zero-order valence-corrected chi connectivity index (χ0v) is 28.7. The predicted molar refractivity (Wildman–Crippen MR) is 193 cm³/mol. The maximum Gasteiger partial charge on any atom is 0.0705 e. The fourth-order valence-electron chi connectivity index (χ4n) is 6.93. The van der Waals surface area contributed by atoms with Gasteiger partial charge in [-0.05, 0) is 159 Å². The highest BCUT2D eigenvalue weighted by atomic mass is 15.2. The maximum absolute atomic E-state index is 4.79. The topological polar surface area (TPSA) is 32.3 Å². The first-order valence-corrected chi connectivity index (χ1v) is 16.8. The number of piperidine rings is 1. The Balaban J connectivity index is 1.18. The molecule has 0 saturated carbocycles. The minimum absolute atomic E-state index is 0.474. The number of anilines is 1. The van der Waals surface area contributed by atoms with Gasteiger partial charge in [-0.1, -0.05) is 24.3 Å². The van der Waals surface area contributed by atoms with Crippen molar-refractivity contribution < 1.29 is 0 Å². The van der Waals surface area contributed by atoms with Gasteiger partial charge in [0.25, 0.3) is 0 Å². The van der Waals surface area contributed by atoms with E-state index in [2.05, 4.69) is 130 Å². The first kappa shape index (κ1) is 31.7. The maximum atomic E-state index is 4.79. The Morgan fingerprint density at radius 1 is 0.674 bits per heavy atom. The summed E-state index contributed by atoms with van der Waals surface area (Å²) < 4.78 is 0. The minimum Gasteiger partial charge on any atom is -0.364 e. The van der Waals surface area contributed by atoms with Crippen LogP contribution >= 0.6 is 0 Å². The van der Waals surface area contributed by atoms with Crippen molar-refractivity contribution in [2.45, 2.75) is 80.4 Å². The molecule has 0 aliphatic carbocycles. The van der Waals surface area contributed by atoms with Crippen LogP contribution in [0.25, 0.3) is 22.4 Å². The molecule has 3 aromatic carbocycles. The van der Waals surface area contributed by atoms with Gasteiger partial charge in [-0.25, -0.2) is 0 Å². The van der Waals surface area contributed by atoms with Crippen LogP contribution in [-0.2, 0) is 13.1 Å². The smallest absolute Gasteiger partial charge is 0.0705 e. The molecule has 4 heteroatoms. The number of hydrogen-bond donors (Lipinski definition) is 0. The highest BCUT2D eigenvalue weighted by molar-refractivity contribution is 5.66. The second kappa shape index (κ2) is 13.6. The molecular formula is C42H48N4. The summed E-state index contributed by atoms with van der Waals surface area (Å²) in [5.74, 6) is 0. The Bertz CT molecular complexity index is 1800. The van der Waals surface area contributed by atoms with E-state index < -0.39 is 0 Å². The third kappa shape index (κ3) is 7.08. The van der Waals surface area contributed by atoms with Crippen molar-refractivity contribution in [1.29, 1.82) is 0 Å². The van der Waals surface area contributed by atoms with Gasteiger partial charge >= 0.3 is 0 Å². The van der Waals surface area contributed by atoms with Crippen molar-refractivity contribution in [3.8, 4) is 22.4 Å². The quantitative estimate of drug-likeness (QED) is 0.176. The first-order valence-electron chi connectivity index (χ1n) is 16.8. The summed E-state index contributed by atoms with van der Waals surface area (Å²) in [5.41, 5.74) is 17.9. The molecule has 0 spiro atoms. The Hall–Kier alpha value is -4.28. The number of pyridine rings is 2. The van der Waals surface area contributed by atoms with Gasteiger partial charge in [-0.3, -0.25) is 14.9 Å². The van der Waals surface area contributed by atoms with Gasteiger partial charge in [0.05, 0.1) is 5.69 Å². The van der Waals surface area contributed by atoms with Gasteiger partial charge < -0.3 is 4.90 Å². The fourth-order valence-corrected chi connectivity index (χ4v) is 6.93. The molecule has 1 saturated heterocycles. The number of likely N-dealkylation sites (tertiary alicyclic amines) is 1. The van der Waals surface area contributed by atoms with Crippen LogP contribution in [0.4, 0.5) is 5.69 Å². The second-order valence-electron chi connectivity index (χ2n) is 13.6. The number of benzene rings is 3. The van der Waals surface area contributed by atoms with E-state index in [0.29, 0.717) is 6.04 Å². The first-order chi connectivity index (χ1) is 22.1. The Morgan fingerprint density at radius 3 is 1.98 bits per heavy atom. The van der Waals surface area contributed by atoms with Gasteiger partial charge in [0.2, 0.25) is 0 Å². The van der Waals surface area contributed by atoms with Crippen molar-refractivity contribution in [1.82, 2.24) is 14.9 Å². The third-order valence-electron chi connectivity index (χ3n) is 10.2. The molecule has 6 rings (SSSR count). The number of hydrogen-bond acceptors (Lipinski definition) is 4. The molecule has 0 amide bonds. The summed E-state index contributed by atoms with van der Waals surface area (Å²) in [6, 6.07) is 25.4. The lowest BCUT2D eigenvalue weighted by atomic mass is 9.96. The fraction of sp³-hybridized carbons (Fsp3) is 0.333. The highest BCUT2D eigenvalue weighted by Gasteiger charge is 2.26. The van der Waals surface area contributed by atoms with E-state index in [4.69, 9.17) is 4.98 Å². The van der Waals surface area contributed by atoms with Crippen molar-refractivity contribution in [2.75, 3.05) is 18.0 Å². The average Bonchev–Trinajstić information content (AvgIpc) is 3.05. The van der Waals surface area contributed by atoms with E-state index in [9.17, 15) is 0 Å². The molecule has 5 aromatic rings. The molecule has 0 unspecified atom stereocenters. The van der Waals surface area contributed by atoms with Crippen molar-refractivity contribution in [3.63, 3.8) is 0 Å². The SMILES string of the molecule is Cc1cccc(N(Cc2ccnc(-c3cc(C)c(C)c(C)c3)c2)C2CCN(Cc3cncc(-c4cc(C)c(C)c(C)c4)c3)CC2)c1. The molecule has 1 aliphatic rings. The van der Waals surface area contributed by atoms with Crippen LogP contribution in [0.1, 0.15) is 62.9 Å². The van der Waals surface area contributed by atoms with Crippen LogP contribution in [0.3, 0.4) is 0 Å². The molecule has 0 N–H and O–H groups in total. The molecule has 0 bridgehead atoms. The van der Waals surface area contributed by atoms with Gasteiger partial charge in [0, 0.05) is 67.6 Å². The van der Waals surface area contributed by atoms with Crippen molar-refractivity contribution in [2.24, 2.45) is 0 Å². The lowest BCUT2D eigenvalue weighted by Gasteiger charge is -2.40. The molecule has 2 aromatic heterocycles. The third-order valence-corrected chi connectivity index (χ3v) is 10.2. The van der Waals surface area contributed by atoms with E-state index in [1.807, 2.05) is 18.6 Å². The van der Waals surface area contributed by atoms with E-state index in [1.54, 1.807) is 0 Å². The number of aryl methyl sites for hydroxylation is 5. The number of aromatic nitrogens is 2. The summed E-state index contributed by atoms with van der Waals surface area (Å²) in [7, 11) is 0. The Morgan fingerprint density at radius 2 is 1.33 bits per heavy atom. The van der Waals surface area contributed by atoms with Crippen molar-refractivity contribution in [3.05, 3.63) is 135 Å². The summed E-state index contributed by atoms with van der Waals surface area (Å²) in [4.78, 5) is 14.7. The molecule has 0 radical (unpaired) electrons. The number of nitrogens with zero attached hydrogens (tertiary/aromatic N) is 4. The van der Waals surface area contributed by atoms with Gasteiger partial charge in [-0.15, -0.1) is 0 Å². The molecule has 4 nitrogen and oxygen atoms in total. The lowest BCUT2D eigenvalue weighted by molar-refractivity contribution is 0.200. The summed E-state index contributed by atoms with van der Waals surface area (Å²) in [6.07, 6.45) is 8.29. The average molecular weight is 609 g/mol. The molecular weight excluding hydrogens is 560 g/mol. The van der Waals surface area contributed by atoms with Gasteiger partial charge in [0.15, 0.2) is 0 Å². The van der Waals surface area contributed by atoms with Gasteiger partial charge in [-0.2, -0.15) is 0 Å². The monoisotopic (exact) mass is 608 g/mol. The van der Waals surface area contributed by atoms with Crippen LogP contribution in [0.2, 0.25) is 0 Å². The van der Waals surface area contributed by atoms with Crippen LogP contribution < -0.4 is 4.90 Å². The molecule has 1 aliphatic heterocycles. The van der Waals surface area contributed by atoms with Crippen LogP contribution in [0.15, 0.2) is 85.3 Å². The highest BCUT2D eigenvalue weighted by Crippen LogP contribution is 2.30. The standard InChI is InChI=1S/C42H48N4/c1-28-9-8-10-41(17-28)46(27-35-11-14-44-42(23-35)38-20-31(4)34(7)32(5)21-38)40-12-15-45(16-13-40)26-36-22-39(25-43-24-36)37-18-29(2)33(6)30(3)19-37/h8-11,14,17-25,40H,12-13,15-16,26-27H2,1-7H3. The Kier molecular flexibility index (Phi) is 9.37. The van der Waals surface area contributed by atoms with Crippen LogP contribution in [0.5, 0.6) is 0 Å². The van der Waals surface area contributed by atoms with E-state index in [0.717, 1.165) is 44.7 Å². The lowest BCUT2D eigenvalue weighted by Crippen LogP contribution is -2.44. The van der Waals surface area contributed by atoms with Crippen molar-refractivity contribution >= 4 is 5.69 Å². The summed E-state index contributed by atoms with van der Waals surface area (Å²) >= 11 is 0. The molecule has 0 atom stereocenters.